The third-order valence-electron chi connectivity index (χ3n) is 2.90. The Balaban J connectivity index is 5.12. The van der Waals surface area contributed by atoms with Gasteiger partial charge in [0.2, 0.25) is 5.96 Å². The Labute approximate surface area is 156 Å². The topological polar surface area (TPSA) is 98.3 Å². The van der Waals surface area contributed by atoms with Gasteiger partial charge in [-0.3, -0.25) is 10.6 Å². The molecule has 0 aliphatic heterocycles. The van der Waals surface area contributed by atoms with Crippen LogP contribution in [0.3, 0.4) is 0 Å². The number of rotatable bonds is 4. The van der Waals surface area contributed by atoms with E-state index in [1.165, 1.54) is 0 Å². The number of ether oxygens (including phenoxy) is 3. The molecule has 8 nitrogen and oxygen atoms in total. The van der Waals surface area contributed by atoms with Crippen molar-refractivity contribution >= 4 is 18.1 Å². The van der Waals surface area contributed by atoms with E-state index < -0.39 is 23.4 Å². The second kappa shape index (κ2) is 10.2. The van der Waals surface area contributed by atoms with E-state index in [0.717, 1.165) is 5.57 Å². The summed E-state index contributed by atoms with van der Waals surface area (Å²) < 4.78 is 15.6. The molecule has 0 saturated heterocycles. The van der Waals surface area contributed by atoms with Crippen LogP contribution in [-0.2, 0) is 14.2 Å². The molecule has 0 bridgehead atoms. The zero-order chi connectivity index (χ0) is 20.5. The number of hydrogen-bond donors (Lipinski definition) is 2. The maximum Gasteiger partial charge on any atom is 0.414 e. The van der Waals surface area contributed by atoms with Crippen molar-refractivity contribution in [3.8, 4) is 0 Å². The van der Waals surface area contributed by atoms with Crippen LogP contribution < -0.4 is 10.6 Å². The van der Waals surface area contributed by atoms with Crippen molar-refractivity contribution in [3.05, 3.63) is 11.6 Å². The van der Waals surface area contributed by atoms with E-state index in [-0.39, 0.29) is 18.6 Å². The highest BCUT2D eigenvalue weighted by Gasteiger charge is 2.21. The van der Waals surface area contributed by atoms with Gasteiger partial charge in [-0.25, -0.2) is 14.6 Å². The molecule has 0 saturated carbocycles. The summed E-state index contributed by atoms with van der Waals surface area (Å²) in [5, 5.41) is 4.85. The molecule has 26 heavy (non-hydrogen) atoms. The minimum atomic E-state index is -0.724. The van der Waals surface area contributed by atoms with Gasteiger partial charge >= 0.3 is 12.2 Å². The van der Waals surface area contributed by atoms with Crippen molar-refractivity contribution in [2.24, 2.45) is 4.99 Å². The number of hydrogen-bond acceptors (Lipinski definition) is 6. The van der Waals surface area contributed by atoms with E-state index >= 15 is 0 Å². The van der Waals surface area contributed by atoms with Crippen LogP contribution in [0.2, 0.25) is 0 Å². The van der Waals surface area contributed by atoms with Crippen molar-refractivity contribution in [2.75, 3.05) is 13.7 Å². The normalized spacial score (nSPS) is 13.5. The Morgan fingerprint density at radius 3 is 1.77 bits per heavy atom. The fourth-order valence-corrected chi connectivity index (χ4v) is 1.54. The van der Waals surface area contributed by atoms with Gasteiger partial charge in [-0.1, -0.05) is 6.08 Å². The fraction of sp³-hybridized carbons (Fsp3) is 0.722. The summed E-state index contributed by atoms with van der Waals surface area (Å²) in [6, 6.07) is 0. The molecule has 0 radical (unpaired) electrons. The Hall–Kier alpha value is -2.09. The van der Waals surface area contributed by atoms with Crippen LogP contribution in [0.15, 0.2) is 16.6 Å². The van der Waals surface area contributed by atoms with E-state index in [2.05, 4.69) is 15.6 Å². The molecule has 0 heterocycles. The number of aliphatic imine (C=N–C) groups is 1. The van der Waals surface area contributed by atoms with Gasteiger partial charge in [0.05, 0.1) is 12.6 Å². The van der Waals surface area contributed by atoms with Gasteiger partial charge in [0.25, 0.3) is 0 Å². The van der Waals surface area contributed by atoms with Gasteiger partial charge in [-0.15, -0.1) is 0 Å². The van der Waals surface area contributed by atoms with E-state index in [1.807, 2.05) is 19.9 Å². The summed E-state index contributed by atoms with van der Waals surface area (Å²) in [7, 11) is 1.62. The second-order valence-corrected chi connectivity index (χ2v) is 7.77. The monoisotopic (exact) mass is 371 g/mol. The maximum atomic E-state index is 11.9. The second-order valence-electron chi connectivity index (χ2n) is 7.77. The Morgan fingerprint density at radius 1 is 1.00 bits per heavy atom. The third-order valence-corrected chi connectivity index (χ3v) is 2.90. The molecule has 2 N–H and O–H groups in total. The van der Waals surface area contributed by atoms with Crippen LogP contribution in [0.25, 0.3) is 0 Å². The van der Waals surface area contributed by atoms with Crippen molar-refractivity contribution in [1.82, 2.24) is 10.6 Å². The van der Waals surface area contributed by atoms with Crippen molar-refractivity contribution in [3.63, 3.8) is 0 Å². The minimum absolute atomic E-state index is 0.0497. The molecule has 0 aliphatic rings. The standard InChI is InChI=1S/C18H33N3O5/c1-12(13(2)24-9)10-11-19-14(20-15(22)25-17(3,4)5)21-16(23)26-18(6,7)8/h10,13H,11H2,1-9H3,(H2,19,20,21,22,23)/b12-10+/t13-/m0/s1. The molecule has 8 heteroatoms. The number of nitrogens with one attached hydrogen (secondary N) is 2. The number of guanidine groups is 1. The lowest BCUT2D eigenvalue weighted by atomic mass is 10.2. The predicted octanol–water partition coefficient (Wildman–Crippen LogP) is 3.37. The molecule has 0 unspecified atom stereocenters. The molecule has 0 aromatic rings. The van der Waals surface area contributed by atoms with Crippen LogP contribution in [0.5, 0.6) is 0 Å². The van der Waals surface area contributed by atoms with Crippen molar-refractivity contribution in [2.45, 2.75) is 72.7 Å². The van der Waals surface area contributed by atoms with Gasteiger partial charge in [0.1, 0.15) is 11.2 Å². The van der Waals surface area contributed by atoms with Crippen molar-refractivity contribution < 1.29 is 23.8 Å². The highest BCUT2D eigenvalue weighted by Crippen LogP contribution is 2.08. The van der Waals surface area contributed by atoms with E-state index in [4.69, 9.17) is 14.2 Å². The number of carbonyl (C=O) groups excluding carboxylic acids is 2. The average Bonchev–Trinajstić information content (AvgIpc) is 2.41. The lowest BCUT2D eigenvalue weighted by Gasteiger charge is -2.22. The highest BCUT2D eigenvalue weighted by atomic mass is 16.6. The third kappa shape index (κ3) is 12.3. The molecule has 0 aliphatic carbocycles. The quantitative estimate of drug-likeness (QED) is 0.448. The predicted molar refractivity (Wildman–Crippen MR) is 101 cm³/mol. The van der Waals surface area contributed by atoms with E-state index in [9.17, 15) is 9.59 Å². The largest absolute Gasteiger partial charge is 0.444 e. The van der Waals surface area contributed by atoms with Gasteiger partial charge in [0, 0.05) is 7.11 Å². The average molecular weight is 371 g/mol. The lowest BCUT2D eigenvalue weighted by molar-refractivity contribution is 0.0545. The summed E-state index contributed by atoms with van der Waals surface area (Å²) in [5.74, 6) is -0.0531. The Morgan fingerprint density at radius 2 is 1.42 bits per heavy atom. The van der Waals surface area contributed by atoms with E-state index in [0.29, 0.717) is 0 Å². The molecule has 0 rings (SSSR count). The van der Waals surface area contributed by atoms with Crippen LogP contribution in [0.4, 0.5) is 9.59 Å². The molecule has 1 atom stereocenters. The number of amides is 2. The van der Waals surface area contributed by atoms with Crippen LogP contribution in [0, 0.1) is 0 Å². The first-order chi connectivity index (χ1) is 11.7. The molecule has 0 fully saturated rings. The first kappa shape index (κ1) is 23.9. The molecule has 2 amide bonds. The lowest BCUT2D eigenvalue weighted by Crippen LogP contribution is -2.47. The molecule has 0 aromatic carbocycles. The van der Waals surface area contributed by atoms with Crippen molar-refractivity contribution in [1.29, 1.82) is 0 Å². The fourth-order valence-electron chi connectivity index (χ4n) is 1.54. The van der Waals surface area contributed by atoms with Crippen LogP contribution in [-0.4, -0.2) is 49.1 Å². The first-order valence-electron chi connectivity index (χ1n) is 8.47. The summed E-state index contributed by atoms with van der Waals surface area (Å²) in [6.45, 7) is 14.5. The molecule has 0 aromatic heterocycles. The molecule has 150 valence electrons. The Kier molecular flexibility index (Phi) is 9.34. The summed E-state index contributed by atoms with van der Waals surface area (Å²) in [4.78, 5) is 28.1. The molecular formula is C18H33N3O5. The number of nitrogens with zero attached hydrogens (tertiary/aromatic N) is 1. The highest BCUT2D eigenvalue weighted by molar-refractivity contribution is 6.01. The Bertz CT molecular complexity index is 510. The number of carbonyl (C=O) groups is 2. The van der Waals surface area contributed by atoms with Crippen LogP contribution in [0.1, 0.15) is 55.4 Å². The number of alkyl carbamates (subject to hydrolysis) is 2. The smallest absolute Gasteiger partial charge is 0.414 e. The zero-order valence-electron chi connectivity index (χ0n) is 17.4. The first-order valence-corrected chi connectivity index (χ1v) is 8.47. The summed E-state index contributed by atoms with van der Waals surface area (Å²) in [5.41, 5.74) is -0.373. The van der Waals surface area contributed by atoms with Gasteiger partial charge in [0.15, 0.2) is 0 Å². The molecule has 0 spiro atoms. The maximum absolute atomic E-state index is 11.9. The van der Waals surface area contributed by atoms with Gasteiger partial charge in [-0.05, 0) is 61.0 Å². The summed E-state index contributed by atoms with van der Waals surface area (Å²) >= 11 is 0. The van der Waals surface area contributed by atoms with E-state index in [1.54, 1.807) is 48.7 Å². The SMILES string of the molecule is CO[C@@H](C)/C(C)=C/CN=C(NC(=O)OC(C)(C)C)NC(=O)OC(C)(C)C. The van der Waals surface area contributed by atoms with Gasteiger partial charge < -0.3 is 14.2 Å². The molecular weight excluding hydrogens is 338 g/mol. The van der Waals surface area contributed by atoms with Crippen LogP contribution >= 0.6 is 0 Å². The minimum Gasteiger partial charge on any atom is -0.444 e. The summed E-state index contributed by atoms with van der Waals surface area (Å²) in [6.07, 6.45) is 0.338. The zero-order valence-corrected chi connectivity index (χ0v) is 17.4. The van der Waals surface area contributed by atoms with Gasteiger partial charge in [-0.2, -0.15) is 0 Å². The number of methoxy groups -OCH3 is 1.